The molecule has 2 amide bonds. The standard InChI is InChI=1S/C20H22N2O5/c1-11(2)21-18(23)16-14-5-6-20(27-14)9-22(19(24)17(16)20)8-12-3-4-13-15(7-12)26-10-25-13/h3-7,11,14,16-17H,8-10H2,1-2H3,(H,21,23)/t14-,16-,17+,20-/m1/s1. The second-order valence-corrected chi connectivity index (χ2v) is 7.95. The van der Waals surface area contributed by atoms with Crippen molar-refractivity contribution < 1.29 is 23.8 Å². The second kappa shape index (κ2) is 5.73. The van der Waals surface area contributed by atoms with Gasteiger partial charge in [-0.1, -0.05) is 18.2 Å². The number of nitrogens with zero attached hydrogens (tertiary/aromatic N) is 1. The fourth-order valence-corrected chi connectivity index (χ4v) is 4.65. The van der Waals surface area contributed by atoms with E-state index in [-0.39, 0.29) is 30.8 Å². The molecule has 1 N–H and O–H groups in total. The van der Waals surface area contributed by atoms with Gasteiger partial charge in [0.15, 0.2) is 11.5 Å². The van der Waals surface area contributed by atoms with Gasteiger partial charge in [-0.2, -0.15) is 0 Å². The SMILES string of the molecule is CC(C)NC(=O)[C@H]1[C@H]2C(=O)N(Cc3ccc4c(c3)OCO4)C[C@]23C=C[C@H]1O3. The molecule has 27 heavy (non-hydrogen) atoms. The van der Waals surface area contributed by atoms with Crippen LogP contribution >= 0.6 is 0 Å². The largest absolute Gasteiger partial charge is 0.454 e. The van der Waals surface area contributed by atoms with E-state index in [4.69, 9.17) is 14.2 Å². The molecular weight excluding hydrogens is 348 g/mol. The molecule has 7 nitrogen and oxygen atoms in total. The Labute approximate surface area is 157 Å². The summed E-state index contributed by atoms with van der Waals surface area (Å²) in [5.74, 6) is 0.362. The van der Waals surface area contributed by atoms with E-state index >= 15 is 0 Å². The quantitative estimate of drug-likeness (QED) is 0.807. The smallest absolute Gasteiger partial charge is 0.231 e. The molecule has 2 bridgehead atoms. The van der Waals surface area contributed by atoms with E-state index in [0.29, 0.717) is 18.8 Å². The first kappa shape index (κ1) is 16.6. The highest BCUT2D eigenvalue weighted by Gasteiger charge is 2.66. The van der Waals surface area contributed by atoms with Crippen molar-refractivity contribution in [2.45, 2.75) is 38.1 Å². The van der Waals surface area contributed by atoms with E-state index in [2.05, 4.69) is 5.32 Å². The minimum Gasteiger partial charge on any atom is -0.454 e. The number of carbonyl (C=O) groups excluding carboxylic acids is 2. The van der Waals surface area contributed by atoms with Crippen LogP contribution in [0.4, 0.5) is 0 Å². The molecule has 1 aromatic rings. The van der Waals surface area contributed by atoms with Crippen LogP contribution in [0, 0.1) is 11.8 Å². The lowest BCUT2D eigenvalue weighted by Gasteiger charge is -2.24. The number of amides is 2. The van der Waals surface area contributed by atoms with Crippen LogP contribution in [0.3, 0.4) is 0 Å². The van der Waals surface area contributed by atoms with Crippen LogP contribution in [0.1, 0.15) is 19.4 Å². The van der Waals surface area contributed by atoms with Crippen LogP contribution in [0.5, 0.6) is 11.5 Å². The average molecular weight is 370 g/mol. The van der Waals surface area contributed by atoms with Crippen molar-refractivity contribution in [1.29, 1.82) is 0 Å². The normalized spacial score (nSPS) is 32.5. The lowest BCUT2D eigenvalue weighted by Crippen LogP contribution is -2.45. The zero-order chi connectivity index (χ0) is 18.8. The monoisotopic (exact) mass is 370 g/mol. The molecule has 7 heteroatoms. The first-order valence-electron chi connectivity index (χ1n) is 9.32. The van der Waals surface area contributed by atoms with Crippen molar-refractivity contribution in [3.05, 3.63) is 35.9 Å². The molecule has 0 saturated carbocycles. The molecule has 0 unspecified atom stereocenters. The minimum absolute atomic E-state index is 0.0246. The van der Waals surface area contributed by atoms with E-state index in [1.54, 1.807) is 4.90 Å². The number of hydrogen-bond donors (Lipinski definition) is 1. The topological polar surface area (TPSA) is 77.1 Å². The van der Waals surface area contributed by atoms with Crippen molar-refractivity contribution in [1.82, 2.24) is 10.2 Å². The van der Waals surface area contributed by atoms with Crippen molar-refractivity contribution in [3.8, 4) is 11.5 Å². The second-order valence-electron chi connectivity index (χ2n) is 7.95. The maximum Gasteiger partial charge on any atom is 0.231 e. The van der Waals surface area contributed by atoms with Gasteiger partial charge >= 0.3 is 0 Å². The third-order valence-electron chi connectivity index (χ3n) is 5.72. The summed E-state index contributed by atoms with van der Waals surface area (Å²) in [5, 5.41) is 2.94. The Balaban J connectivity index is 1.38. The predicted molar refractivity (Wildman–Crippen MR) is 95.0 cm³/mol. The first-order valence-corrected chi connectivity index (χ1v) is 9.32. The Kier molecular flexibility index (Phi) is 3.53. The summed E-state index contributed by atoms with van der Waals surface area (Å²) in [7, 11) is 0. The summed E-state index contributed by atoms with van der Waals surface area (Å²) >= 11 is 0. The van der Waals surface area contributed by atoms with Crippen LogP contribution in [0.25, 0.3) is 0 Å². The van der Waals surface area contributed by atoms with Crippen molar-refractivity contribution in [2.24, 2.45) is 11.8 Å². The fourth-order valence-electron chi connectivity index (χ4n) is 4.65. The van der Waals surface area contributed by atoms with Crippen LogP contribution in [-0.2, 0) is 20.9 Å². The highest BCUT2D eigenvalue weighted by atomic mass is 16.7. The Morgan fingerprint density at radius 2 is 2.15 bits per heavy atom. The number of likely N-dealkylation sites (tertiary alicyclic amines) is 1. The van der Waals surface area contributed by atoms with Gasteiger partial charge in [0.2, 0.25) is 18.6 Å². The maximum absolute atomic E-state index is 13.2. The minimum atomic E-state index is -0.683. The molecule has 0 aliphatic carbocycles. The van der Waals surface area contributed by atoms with Gasteiger partial charge in [0.05, 0.1) is 24.5 Å². The number of benzene rings is 1. The van der Waals surface area contributed by atoms with Crippen molar-refractivity contribution >= 4 is 11.8 Å². The number of hydrogen-bond acceptors (Lipinski definition) is 5. The first-order chi connectivity index (χ1) is 13.0. The number of carbonyl (C=O) groups is 2. The number of ether oxygens (including phenoxy) is 3. The highest BCUT2D eigenvalue weighted by molar-refractivity contribution is 5.93. The predicted octanol–water partition coefficient (Wildman–Crippen LogP) is 1.22. The molecule has 1 spiro atoms. The maximum atomic E-state index is 13.2. The van der Waals surface area contributed by atoms with E-state index in [0.717, 1.165) is 11.3 Å². The van der Waals surface area contributed by atoms with Crippen molar-refractivity contribution in [2.75, 3.05) is 13.3 Å². The Hall–Kier alpha value is -2.54. The van der Waals surface area contributed by atoms with Crippen LogP contribution in [0.2, 0.25) is 0 Å². The number of rotatable bonds is 4. The zero-order valence-corrected chi connectivity index (χ0v) is 15.3. The van der Waals surface area contributed by atoms with Crippen LogP contribution < -0.4 is 14.8 Å². The van der Waals surface area contributed by atoms with E-state index in [1.165, 1.54) is 0 Å². The molecule has 1 aromatic carbocycles. The molecule has 4 aliphatic rings. The van der Waals surface area contributed by atoms with E-state index in [9.17, 15) is 9.59 Å². The summed E-state index contributed by atoms with van der Waals surface area (Å²) < 4.78 is 16.9. The summed E-state index contributed by atoms with van der Waals surface area (Å²) in [6, 6.07) is 5.72. The highest BCUT2D eigenvalue weighted by Crippen LogP contribution is 2.52. The third-order valence-corrected chi connectivity index (χ3v) is 5.72. The van der Waals surface area contributed by atoms with Gasteiger partial charge in [-0.3, -0.25) is 9.59 Å². The van der Waals surface area contributed by atoms with E-state index in [1.807, 2.05) is 44.2 Å². The van der Waals surface area contributed by atoms with Gasteiger partial charge in [0.25, 0.3) is 0 Å². The van der Waals surface area contributed by atoms with E-state index < -0.39 is 17.4 Å². The van der Waals surface area contributed by atoms with Gasteiger partial charge in [-0.05, 0) is 31.5 Å². The van der Waals surface area contributed by atoms with Gasteiger partial charge in [0.1, 0.15) is 5.60 Å². The van der Waals surface area contributed by atoms with Crippen LogP contribution in [-0.4, -0.2) is 47.8 Å². The lowest BCUT2D eigenvalue weighted by molar-refractivity contribution is -0.138. The molecule has 5 rings (SSSR count). The van der Waals surface area contributed by atoms with Gasteiger partial charge in [-0.25, -0.2) is 0 Å². The molecule has 2 fully saturated rings. The third kappa shape index (κ3) is 2.45. The number of fused-ring (bicyclic) bond motifs is 2. The molecular formula is C20H22N2O5. The number of nitrogens with one attached hydrogen (secondary N) is 1. The zero-order valence-electron chi connectivity index (χ0n) is 15.3. The molecule has 0 radical (unpaired) electrons. The van der Waals surface area contributed by atoms with Gasteiger partial charge in [-0.15, -0.1) is 0 Å². The molecule has 4 heterocycles. The Morgan fingerprint density at radius 3 is 2.96 bits per heavy atom. The summed E-state index contributed by atoms with van der Waals surface area (Å²) in [4.78, 5) is 27.7. The molecule has 2 saturated heterocycles. The summed E-state index contributed by atoms with van der Waals surface area (Å²) in [5.41, 5.74) is 0.280. The summed E-state index contributed by atoms with van der Waals surface area (Å²) in [6.45, 7) is 4.97. The van der Waals surface area contributed by atoms with Gasteiger partial charge < -0.3 is 24.4 Å². The van der Waals surface area contributed by atoms with Gasteiger partial charge in [0, 0.05) is 12.6 Å². The fraction of sp³-hybridized carbons (Fsp3) is 0.500. The average Bonchev–Trinajstić information content (AvgIpc) is 3.35. The molecule has 0 aromatic heterocycles. The molecule has 4 aliphatic heterocycles. The lowest BCUT2D eigenvalue weighted by atomic mass is 9.76. The Bertz CT molecular complexity index is 851. The molecule has 4 atom stereocenters. The molecule has 142 valence electrons. The summed E-state index contributed by atoms with van der Waals surface area (Å²) in [6.07, 6.45) is 3.59. The van der Waals surface area contributed by atoms with Crippen LogP contribution in [0.15, 0.2) is 30.4 Å². The Morgan fingerprint density at radius 1 is 1.33 bits per heavy atom. The van der Waals surface area contributed by atoms with Crippen molar-refractivity contribution in [3.63, 3.8) is 0 Å².